The molecule has 0 saturated heterocycles. The molecule has 1 heterocycles. The number of pyridine rings is 1. The van der Waals surface area contributed by atoms with Crippen molar-refractivity contribution in [3.63, 3.8) is 0 Å². The first-order valence-corrected chi connectivity index (χ1v) is 4.30. The van der Waals surface area contributed by atoms with Crippen molar-refractivity contribution in [2.45, 2.75) is 19.0 Å². The number of nitrogens with two attached hydrogens (primary N) is 1. The molecule has 1 atom stereocenters. The lowest BCUT2D eigenvalue weighted by Gasteiger charge is -2.15. The number of hydrogen-bond donors (Lipinski definition) is 1. The van der Waals surface area contributed by atoms with Gasteiger partial charge in [0.15, 0.2) is 0 Å². The molecule has 0 radical (unpaired) electrons. The van der Waals surface area contributed by atoms with Crippen LogP contribution in [0.2, 0.25) is 0 Å². The largest absolute Gasteiger partial charge is 0.433 e. The zero-order valence-electron chi connectivity index (χ0n) is 8.08. The molecule has 0 aliphatic rings. The quantitative estimate of drug-likeness (QED) is 0.793. The van der Waals surface area contributed by atoms with Gasteiger partial charge in [-0.15, -0.1) is 0 Å². The summed E-state index contributed by atoms with van der Waals surface area (Å²) in [6.45, 7) is 1.62. The van der Waals surface area contributed by atoms with Gasteiger partial charge in [-0.25, -0.2) is 5.90 Å². The zero-order valence-corrected chi connectivity index (χ0v) is 8.08. The summed E-state index contributed by atoms with van der Waals surface area (Å²) in [5.74, 6) is 4.38. The summed E-state index contributed by atoms with van der Waals surface area (Å²) in [6, 6.07) is 2.83. The lowest BCUT2D eigenvalue weighted by Crippen LogP contribution is -2.16. The highest BCUT2D eigenvalue weighted by molar-refractivity contribution is 5.25. The third-order valence-corrected chi connectivity index (χ3v) is 1.98. The Morgan fingerprint density at radius 2 is 2.20 bits per heavy atom. The molecule has 1 aromatic rings. The van der Waals surface area contributed by atoms with Gasteiger partial charge in [0.2, 0.25) is 0 Å². The van der Waals surface area contributed by atoms with Crippen LogP contribution in [0.4, 0.5) is 13.2 Å². The molecule has 0 amide bonds. The molecule has 1 aromatic heterocycles. The second kappa shape index (κ2) is 4.59. The SMILES string of the molecule is CC(CON)c1cccnc1C(F)(F)F. The van der Waals surface area contributed by atoms with Crippen molar-refractivity contribution in [1.82, 2.24) is 4.98 Å². The standard InChI is InChI=1S/C9H11F3N2O/c1-6(5-15-13)7-3-2-4-14-8(7)9(10,11)12/h2-4,6H,5,13H2,1H3. The van der Waals surface area contributed by atoms with Crippen LogP contribution in [0.3, 0.4) is 0 Å². The second-order valence-corrected chi connectivity index (χ2v) is 3.17. The second-order valence-electron chi connectivity index (χ2n) is 3.17. The van der Waals surface area contributed by atoms with Crippen molar-refractivity contribution in [2.24, 2.45) is 5.90 Å². The molecular weight excluding hydrogens is 209 g/mol. The van der Waals surface area contributed by atoms with Gasteiger partial charge in [-0.2, -0.15) is 13.2 Å². The van der Waals surface area contributed by atoms with Gasteiger partial charge in [0, 0.05) is 12.1 Å². The molecule has 6 heteroatoms. The minimum Gasteiger partial charge on any atom is -0.304 e. The summed E-state index contributed by atoms with van der Waals surface area (Å²) >= 11 is 0. The summed E-state index contributed by atoms with van der Waals surface area (Å²) in [5, 5.41) is 0. The van der Waals surface area contributed by atoms with Crippen LogP contribution in [0.1, 0.15) is 24.1 Å². The van der Waals surface area contributed by atoms with Crippen LogP contribution in [0, 0.1) is 0 Å². The van der Waals surface area contributed by atoms with Crippen LogP contribution in [0.5, 0.6) is 0 Å². The molecule has 3 nitrogen and oxygen atoms in total. The number of nitrogens with zero attached hydrogens (tertiary/aromatic N) is 1. The van der Waals surface area contributed by atoms with E-state index in [-0.39, 0.29) is 12.2 Å². The highest BCUT2D eigenvalue weighted by Crippen LogP contribution is 2.33. The molecular formula is C9H11F3N2O. The summed E-state index contributed by atoms with van der Waals surface area (Å²) < 4.78 is 37.5. The number of rotatable bonds is 3. The van der Waals surface area contributed by atoms with Gasteiger partial charge in [-0.05, 0) is 11.6 Å². The number of halogens is 3. The van der Waals surface area contributed by atoms with Crippen LogP contribution in [0.25, 0.3) is 0 Å². The summed E-state index contributed by atoms with van der Waals surface area (Å²) in [4.78, 5) is 7.66. The zero-order chi connectivity index (χ0) is 11.5. The molecule has 0 fully saturated rings. The molecule has 2 N–H and O–H groups in total. The van der Waals surface area contributed by atoms with Crippen molar-refractivity contribution in [1.29, 1.82) is 0 Å². The van der Waals surface area contributed by atoms with Crippen molar-refractivity contribution in [3.05, 3.63) is 29.6 Å². The Morgan fingerprint density at radius 3 is 2.73 bits per heavy atom. The maximum Gasteiger partial charge on any atom is 0.433 e. The Labute approximate surface area is 85.0 Å². The molecule has 15 heavy (non-hydrogen) atoms. The first-order valence-electron chi connectivity index (χ1n) is 4.30. The fourth-order valence-electron chi connectivity index (χ4n) is 1.29. The van der Waals surface area contributed by atoms with Crippen molar-refractivity contribution >= 4 is 0 Å². The van der Waals surface area contributed by atoms with E-state index in [1.165, 1.54) is 12.1 Å². The van der Waals surface area contributed by atoms with E-state index in [2.05, 4.69) is 9.82 Å². The predicted octanol–water partition coefficient (Wildman–Crippen LogP) is 2.09. The van der Waals surface area contributed by atoms with Crippen molar-refractivity contribution in [3.8, 4) is 0 Å². The van der Waals surface area contributed by atoms with E-state index in [9.17, 15) is 13.2 Å². The molecule has 0 aliphatic heterocycles. The van der Waals surface area contributed by atoms with Crippen LogP contribution in [-0.4, -0.2) is 11.6 Å². The highest BCUT2D eigenvalue weighted by atomic mass is 19.4. The maximum absolute atomic E-state index is 12.5. The lowest BCUT2D eigenvalue weighted by atomic mass is 10.0. The molecule has 0 spiro atoms. The first kappa shape index (κ1) is 11.9. The van der Waals surface area contributed by atoms with Crippen LogP contribution >= 0.6 is 0 Å². The van der Waals surface area contributed by atoms with E-state index in [1.807, 2.05) is 0 Å². The summed E-state index contributed by atoms with van der Waals surface area (Å²) in [5.41, 5.74) is -0.787. The van der Waals surface area contributed by atoms with Crippen LogP contribution in [-0.2, 0) is 11.0 Å². The van der Waals surface area contributed by atoms with Gasteiger partial charge in [0.05, 0.1) is 6.61 Å². The smallest absolute Gasteiger partial charge is 0.304 e. The van der Waals surface area contributed by atoms with Crippen LogP contribution < -0.4 is 5.90 Å². The first-order chi connectivity index (χ1) is 6.96. The Kier molecular flexibility index (Phi) is 3.65. The Morgan fingerprint density at radius 1 is 1.53 bits per heavy atom. The molecule has 1 rings (SSSR count). The van der Waals surface area contributed by atoms with E-state index in [0.717, 1.165) is 6.20 Å². The van der Waals surface area contributed by atoms with Gasteiger partial charge in [0.1, 0.15) is 5.69 Å². The van der Waals surface area contributed by atoms with Gasteiger partial charge in [0.25, 0.3) is 0 Å². The van der Waals surface area contributed by atoms with Gasteiger partial charge < -0.3 is 4.84 Å². The Hall–Kier alpha value is -1.14. The van der Waals surface area contributed by atoms with Crippen LogP contribution in [0.15, 0.2) is 18.3 Å². The lowest BCUT2D eigenvalue weighted by molar-refractivity contribution is -0.142. The van der Waals surface area contributed by atoms with Crippen molar-refractivity contribution < 1.29 is 18.0 Å². The van der Waals surface area contributed by atoms with Gasteiger partial charge in [-0.1, -0.05) is 13.0 Å². The third-order valence-electron chi connectivity index (χ3n) is 1.98. The molecule has 0 saturated carbocycles. The van der Waals surface area contributed by atoms with E-state index < -0.39 is 17.8 Å². The minimum atomic E-state index is -4.44. The molecule has 1 unspecified atom stereocenters. The monoisotopic (exact) mass is 220 g/mol. The predicted molar refractivity (Wildman–Crippen MR) is 47.8 cm³/mol. The van der Waals surface area contributed by atoms with Gasteiger partial charge >= 0.3 is 6.18 Å². The summed E-state index contributed by atoms with van der Waals surface area (Å²) in [7, 11) is 0. The third kappa shape index (κ3) is 2.90. The molecule has 0 aliphatic carbocycles. The number of alkyl halides is 3. The molecule has 0 aromatic carbocycles. The Balaban J connectivity index is 3.06. The minimum absolute atomic E-state index is 0.0226. The maximum atomic E-state index is 12.5. The number of hydrogen-bond acceptors (Lipinski definition) is 3. The van der Waals surface area contributed by atoms with E-state index in [1.54, 1.807) is 6.92 Å². The van der Waals surface area contributed by atoms with Crippen molar-refractivity contribution in [2.75, 3.05) is 6.61 Å². The average molecular weight is 220 g/mol. The average Bonchev–Trinajstić information content (AvgIpc) is 2.17. The Bertz CT molecular complexity index is 327. The van der Waals surface area contributed by atoms with Gasteiger partial charge in [-0.3, -0.25) is 4.98 Å². The molecule has 0 bridgehead atoms. The number of aromatic nitrogens is 1. The van der Waals surface area contributed by atoms with E-state index >= 15 is 0 Å². The topological polar surface area (TPSA) is 48.1 Å². The fourth-order valence-corrected chi connectivity index (χ4v) is 1.29. The normalized spacial score (nSPS) is 13.9. The van der Waals surface area contributed by atoms with E-state index in [0.29, 0.717) is 0 Å². The summed E-state index contributed by atoms with van der Waals surface area (Å²) in [6.07, 6.45) is -3.33. The fraction of sp³-hybridized carbons (Fsp3) is 0.444. The van der Waals surface area contributed by atoms with E-state index in [4.69, 9.17) is 5.90 Å². The molecule has 84 valence electrons. The highest BCUT2D eigenvalue weighted by Gasteiger charge is 2.36.